The fraction of sp³-hybridized carbons (Fsp3) is 0.857. The molecule has 0 radical (unpaired) electrons. The van der Waals surface area contributed by atoms with Crippen LogP contribution in [0.1, 0.15) is 26.2 Å². The number of carboxylic acids is 1. The fourth-order valence-corrected chi connectivity index (χ4v) is 1.86. The molecule has 0 rings (SSSR count). The molecular weight excluding hydrogens is 210 g/mol. The highest BCUT2D eigenvalue weighted by molar-refractivity contribution is 7.87. The topological polar surface area (TPSA) is 118 Å². The molecule has 0 bridgehead atoms. The van der Waals surface area contributed by atoms with E-state index in [1.807, 2.05) is 6.92 Å². The van der Waals surface area contributed by atoms with Crippen LogP contribution < -0.4 is 5.73 Å². The van der Waals surface area contributed by atoms with E-state index in [0.717, 1.165) is 6.42 Å². The van der Waals surface area contributed by atoms with Crippen molar-refractivity contribution in [1.29, 1.82) is 0 Å². The smallest absolute Gasteiger partial charge is 0.324 e. The van der Waals surface area contributed by atoms with Crippen molar-refractivity contribution in [2.45, 2.75) is 37.5 Å². The standard InChI is InChI=1S/C7H15NO5S/c1-2-3-5(8)4-6(7(9)10)14(11,12)13/h5-6H,2-4,8H2,1H3,(H,9,10)(H,11,12,13)/t5?,6-/m1/s1. The first kappa shape index (κ1) is 13.3. The van der Waals surface area contributed by atoms with Crippen molar-refractivity contribution in [3.8, 4) is 0 Å². The Labute approximate surface area is 82.9 Å². The maximum atomic E-state index is 10.6. The molecule has 0 aromatic rings. The highest BCUT2D eigenvalue weighted by atomic mass is 32.2. The number of hydrogen-bond acceptors (Lipinski definition) is 4. The number of aliphatic carboxylic acids is 1. The lowest BCUT2D eigenvalue weighted by Crippen LogP contribution is -2.36. The van der Waals surface area contributed by atoms with Gasteiger partial charge >= 0.3 is 5.97 Å². The molecule has 2 atom stereocenters. The van der Waals surface area contributed by atoms with E-state index in [4.69, 9.17) is 15.4 Å². The zero-order valence-corrected chi connectivity index (χ0v) is 8.70. The van der Waals surface area contributed by atoms with Gasteiger partial charge in [0.05, 0.1) is 0 Å². The van der Waals surface area contributed by atoms with Gasteiger partial charge in [-0.2, -0.15) is 8.42 Å². The van der Waals surface area contributed by atoms with Gasteiger partial charge in [0.15, 0.2) is 5.25 Å². The summed E-state index contributed by atoms with van der Waals surface area (Å²) in [5.74, 6) is -1.57. The second-order valence-electron chi connectivity index (χ2n) is 3.13. The minimum Gasteiger partial charge on any atom is -0.480 e. The van der Waals surface area contributed by atoms with Crippen molar-refractivity contribution in [2.24, 2.45) is 5.73 Å². The van der Waals surface area contributed by atoms with E-state index in [0.29, 0.717) is 6.42 Å². The van der Waals surface area contributed by atoms with Gasteiger partial charge in [0.2, 0.25) is 0 Å². The number of carbonyl (C=O) groups is 1. The Hall–Kier alpha value is -0.660. The first-order valence-electron chi connectivity index (χ1n) is 4.23. The maximum absolute atomic E-state index is 10.6. The van der Waals surface area contributed by atoms with Gasteiger partial charge < -0.3 is 10.8 Å². The maximum Gasteiger partial charge on any atom is 0.324 e. The lowest BCUT2D eigenvalue weighted by molar-refractivity contribution is -0.136. The summed E-state index contributed by atoms with van der Waals surface area (Å²) < 4.78 is 29.9. The van der Waals surface area contributed by atoms with E-state index in [2.05, 4.69) is 0 Å². The second-order valence-corrected chi connectivity index (χ2v) is 4.73. The van der Waals surface area contributed by atoms with Gasteiger partial charge in [0.25, 0.3) is 10.1 Å². The van der Waals surface area contributed by atoms with E-state index >= 15 is 0 Å². The summed E-state index contributed by atoms with van der Waals surface area (Å²) in [6, 6.07) is -0.525. The van der Waals surface area contributed by atoms with Gasteiger partial charge in [-0.05, 0) is 12.8 Å². The van der Waals surface area contributed by atoms with Crippen molar-refractivity contribution in [2.75, 3.05) is 0 Å². The van der Waals surface area contributed by atoms with E-state index in [1.165, 1.54) is 0 Å². The SMILES string of the molecule is CCCC(N)C[C@H](C(=O)O)S(=O)(=O)O. The lowest BCUT2D eigenvalue weighted by atomic mass is 10.1. The van der Waals surface area contributed by atoms with Crippen LogP contribution in [0.25, 0.3) is 0 Å². The van der Waals surface area contributed by atoms with Crippen LogP contribution >= 0.6 is 0 Å². The molecule has 0 saturated carbocycles. The van der Waals surface area contributed by atoms with Crippen molar-refractivity contribution in [1.82, 2.24) is 0 Å². The van der Waals surface area contributed by atoms with Crippen LogP contribution in [-0.4, -0.2) is 35.3 Å². The molecule has 84 valence electrons. The van der Waals surface area contributed by atoms with Gasteiger partial charge in [-0.3, -0.25) is 9.35 Å². The second kappa shape index (κ2) is 5.28. The molecule has 1 unspecified atom stereocenters. The van der Waals surface area contributed by atoms with E-state index in [1.54, 1.807) is 0 Å². The molecule has 0 amide bonds. The summed E-state index contributed by atoms with van der Waals surface area (Å²) in [6.07, 6.45) is 1.00. The number of rotatable bonds is 6. The largest absolute Gasteiger partial charge is 0.480 e. The Bertz CT molecular complexity index is 286. The quantitative estimate of drug-likeness (QED) is 0.541. The average molecular weight is 225 g/mol. The van der Waals surface area contributed by atoms with Crippen molar-refractivity contribution < 1.29 is 22.9 Å². The Morgan fingerprint density at radius 3 is 2.29 bits per heavy atom. The van der Waals surface area contributed by atoms with Crippen LogP contribution in [0.3, 0.4) is 0 Å². The Morgan fingerprint density at radius 1 is 1.50 bits per heavy atom. The normalized spacial score (nSPS) is 16.2. The fourth-order valence-electron chi connectivity index (χ4n) is 1.11. The van der Waals surface area contributed by atoms with Crippen molar-refractivity contribution >= 4 is 16.1 Å². The van der Waals surface area contributed by atoms with Crippen molar-refractivity contribution in [3.63, 3.8) is 0 Å². The Balaban J connectivity index is 4.48. The Morgan fingerprint density at radius 2 is 2.00 bits per heavy atom. The Kier molecular flexibility index (Phi) is 5.03. The van der Waals surface area contributed by atoms with Crippen LogP contribution in [0, 0.1) is 0 Å². The van der Waals surface area contributed by atoms with Crippen molar-refractivity contribution in [3.05, 3.63) is 0 Å². The van der Waals surface area contributed by atoms with Gasteiger partial charge in [-0.25, -0.2) is 0 Å². The predicted molar refractivity (Wildman–Crippen MR) is 50.5 cm³/mol. The highest BCUT2D eigenvalue weighted by Crippen LogP contribution is 2.10. The summed E-state index contributed by atoms with van der Waals surface area (Å²) >= 11 is 0. The van der Waals surface area contributed by atoms with E-state index in [-0.39, 0.29) is 6.42 Å². The minimum absolute atomic E-state index is 0.262. The molecule has 0 aliphatic heterocycles. The van der Waals surface area contributed by atoms with Gasteiger partial charge in [-0.1, -0.05) is 13.3 Å². The first-order valence-corrected chi connectivity index (χ1v) is 5.74. The summed E-state index contributed by atoms with van der Waals surface area (Å²) in [7, 11) is -4.56. The van der Waals surface area contributed by atoms with Gasteiger partial charge in [0.1, 0.15) is 0 Å². The van der Waals surface area contributed by atoms with Crippen LogP contribution in [0.4, 0.5) is 0 Å². The first-order chi connectivity index (χ1) is 6.29. The zero-order valence-electron chi connectivity index (χ0n) is 7.88. The number of nitrogens with two attached hydrogens (primary N) is 1. The molecular formula is C7H15NO5S. The van der Waals surface area contributed by atoms with Crippen LogP contribution in [0.15, 0.2) is 0 Å². The van der Waals surface area contributed by atoms with Gasteiger partial charge in [0, 0.05) is 6.04 Å². The predicted octanol–water partition coefficient (Wildman–Crippen LogP) is -0.155. The molecule has 0 heterocycles. The molecule has 4 N–H and O–H groups in total. The molecule has 6 nitrogen and oxygen atoms in total. The number of carboxylic acid groups (broad SMARTS) is 1. The average Bonchev–Trinajstić information content (AvgIpc) is 1.98. The van der Waals surface area contributed by atoms with E-state index < -0.39 is 27.4 Å². The molecule has 0 fully saturated rings. The third-order valence-electron chi connectivity index (χ3n) is 1.81. The van der Waals surface area contributed by atoms with Crippen LogP contribution in [0.2, 0.25) is 0 Å². The zero-order chi connectivity index (χ0) is 11.4. The van der Waals surface area contributed by atoms with Crippen LogP contribution in [-0.2, 0) is 14.9 Å². The van der Waals surface area contributed by atoms with E-state index in [9.17, 15) is 13.2 Å². The summed E-state index contributed by atoms with van der Waals surface area (Å²) in [6.45, 7) is 1.85. The molecule has 7 heteroatoms. The molecule has 14 heavy (non-hydrogen) atoms. The van der Waals surface area contributed by atoms with Gasteiger partial charge in [-0.15, -0.1) is 0 Å². The highest BCUT2D eigenvalue weighted by Gasteiger charge is 2.32. The molecule has 0 spiro atoms. The number of hydrogen-bond donors (Lipinski definition) is 3. The molecule has 0 saturated heterocycles. The molecule has 0 aliphatic carbocycles. The summed E-state index contributed by atoms with van der Waals surface area (Å²) in [5, 5.41) is 6.72. The third-order valence-corrected chi connectivity index (χ3v) is 2.92. The summed E-state index contributed by atoms with van der Waals surface area (Å²) in [4.78, 5) is 10.5. The molecule has 0 aromatic carbocycles. The third kappa shape index (κ3) is 4.54. The molecule has 0 aromatic heterocycles. The monoisotopic (exact) mass is 225 g/mol. The lowest BCUT2D eigenvalue weighted by Gasteiger charge is -2.14. The molecule has 0 aliphatic rings. The van der Waals surface area contributed by atoms with Crippen LogP contribution in [0.5, 0.6) is 0 Å². The summed E-state index contributed by atoms with van der Waals surface area (Å²) in [5.41, 5.74) is 5.48. The minimum atomic E-state index is -4.56.